The van der Waals surface area contributed by atoms with Crippen molar-refractivity contribution in [1.82, 2.24) is 0 Å². The molecule has 0 spiro atoms. The largest absolute Gasteiger partial charge is 0.492 e. The fraction of sp³-hybridized carbons (Fsp3) is 0.154. The highest BCUT2D eigenvalue weighted by Crippen LogP contribution is 2.29. The molecule has 0 fully saturated rings. The third kappa shape index (κ3) is 2.29. The molecular weight excluding hydrogens is 234 g/mol. The Morgan fingerprint density at radius 1 is 1.39 bits per heavy atom. The SMILES string of the molecule is CCOc1ccc(-c2ccc(C(=O)O)o2)cc1N. The molecule has 0 unspecified atom stereocenters. The van der Waals surface area contributed by atoms with Gasteiger partial charge in [-0.1, -0.05) is 0 Å². The Kier molecular flexibility index (Phi) is 3.23. The molecule has 0 amide bonds. The topological polar surface area (TPSA) is 85.7 Å². The lowest BCUT2D eigenvalue weighted by Gasteiger charge is -2.07. The predicted molar refractivity (Wildman–Crippen MR) is 66.7 cm³/mol. The monoisotopic (exact) mass is 247 g/mol. The van der Waals surface area contributed by atoms with Gasteiger partial charge in [-0.05, 0) is 37.3 Å². The number of aromatic carboxylic acids is 1. The van der Waals surface area contributed by atoms with Crippen molar-refractivity contribution in [2.45, 2.75) is 6.92 Å². The first-order valence-corrected chi connectivity index (χ1v) is 5.47. The lowest BCUT2D eigenvalue weighted by atomic mass is 10.1. The highest BCUT2D eigenvalue weighted by Gasteiger charge is 2.11. The average molecular weight is 247 g/mol. The Morgan fingerprint density at radius 2 is 2.17 bits per heavy atom. The standard InChI is InChI=1S/C13H13NO4/c1-2-17-11-4-3-8(7-9(11)14)10-5-6-12(18-10)13(15)16/h3-7H,2,14H2,1H3,(H,15,16). The van der Waals surface area contributed by atoms with Crippen LogP contribution in [0.1, 0.15) is 17.5 Å². The van der Waals surface area contributed by atoms with Crippen molar-refractivity contribution in [2.75, 3.05) is 12.3 Å². The molecular formula is C13H13NO4. The summed E-state index contributed by atoms with van der Waals surface area (Å²) in [5, 5.41) is 8.78. The Hall–Kier alpha value is -2.43. The summed E-state index contributed by atoms with van der Waals surface area (Å²) in [5.74, 6) is -0.133. The van der Waals surface area contributed by atoms with E-state index in [1.54, 1.807) is 24.3 Å². The highest BCUT2D eigenvalue weighted by molar-refractivity contribution is 5.85. The lowest BCUT2D eigenvalue weighted by Crippen LogP contribution is -1.96. The number of ether oxygens (including phenoxy) is 1. The van der Waals surface area contributed by atoms with Crippen molar-refractivity contribution >= 4 is 11.7 Å². The van der Waals surface area contributed by atoms with Crippen LogP contribution in [0.5, 0.6) is 5.75 Å². The van der Waals surface area contributed by atoms with E-state index >= 15 is 0 Å². The van der Waals surface area contributed by atoms with E-state index in [1.165, 1.54) is 6.07 Å². The van der Waals surface area contributed by atoms with Crippen molar-refractivity contribution in [3.8, 4) is 17.1 Å². The number of nitrogen functional groups attached to an aromatic ring is 1. The van der Waals surface area contributed by atoms with Gasteiger partial charge in [0.05, 0.1) is 12.3 Å². The maximum Gasteiger partial charge on any atom is 0.371 e. The summed E-state index contributed by atoms with van der Waals surface area (Å²) in [7, 11) is 0. The highest BCUT2D eigenvalue weighted by atomic mass is 16.5. The van der Waals surface area contributed by atoms with Crippen LogP contribution in [-0.4, -0.2) is 17.7 Å². The Bertz CT molecular complexity index is 574. The maximum atomic E-state index is 10.7. The fourth-order valence-corrected chi connectivity index (χ4v) is 1.60. The number of hydrogen-bond acceptors (Lipinski definition) is 4. The van der Waals surface area contributed by atoms with E-state index < -0.39 is 5.97 Å². The molecule has 18 heavy (non-hydrogen) atoms. The van der Waals surface area contributed by atoms with E-state index in [2.05, 4.69) is 0 Å². The number of benzene rings is 1. The molecule has 0 aliphatic heterocycles. The van der Waals surface area contributed by atoms with Crippen LogP contribution in [-0.2, 0) is 0 Å². The zero-order valence-electron chi connectivity index (χ0n) is 9.84. The molecule has 5 nitrogen and oxygen atoms in total. The normalized spacial score (nSPS) is 10.3. The average Bonchev–Trinajstić information content (AvgIpc) is 2.81. The molecule has 0 aliphatic carbocycles. The minimum Gasteiger partial charge on any atom is -0.492 e. The molecule has 5 heteroatoms. The summed E-state index contributed by atoms with van der Waals surface area (Å²) in [4.78, 5) is 10.7. The van der Waals surface area contributed by atoms with E-state index in [0.717, 1.165) is 0 Å². The van der Waals surface area contributed by atoms with E-state index in [1.807, 2.05) is 6.92 Å². The molecule has 2 rings (SSSR count). The summed E-state index contributed by atoms with van der Waals surface area (Å²) in [6.07, 6.45) is 0. The Morgan fingerprint density at radius 3 is 2.72 bits per heavy atom. The molecule has 1 aromatic carbocycles. The van der Waals surface area contributed by atoms with Crippen LogP contribution in [0.25, 0.3) is 11.3 Å². The maximum absolute atomic E-state index is 10.7. The molecule has 0 atom stereocenters. The first kappa shape index (κ1) is 12.0. The summed E-state index contributed by atoms with van der Waals surface area (Å²) in [6.45, 7) is 2.41. The lowest BCUT2D eigenvalue weighted by molar-refractivity contribution is 0.0663. The van der Waals surface area contributed by atoms with Crippen molar-refractivity contribution < 1.29 is 19.1 Å². The summed E-state index contributed by atoms with van der Waals surface area (Å²) < 4.78 is 10.5. The quantitative estimate of drug-likeness (QED) is 0.811. The van der Waals surface area contributed by atoms with E-state index in [4.69, 9.17) is 20.0 Å². The molecule has 0 saturated heterocycles. The van der Waals surface area contributed by atoms with Crippen LogP contribution < -0.4 is 10.5 Å². The first-order valence-electron chi connectivity index (χ1n) is 5.47. The second-order valence-electron chi connectivity index (χ2n) is 3.65. The minimum absolute atomic E-state index is 0.0996. The third-order valence-electron chi connectivity index (χ3n) is 2.41. The predicted octanol–water partition coefficient (Wildman–Crippen LogP) is 2.63. The van der Waals surface area contributed by atoms with Gasteiger partial charge in [-0.3, -0.25) is 0 Å². The Balaban J connectivity index is 2.33. The summed E-state index contributed by atoms with van der Waals surface area (Å²) in [5.41, 5.74) is 7.03. The van der Waals surface area contributed by atoms with E-state index in [9.17, 15) is 4.79 Å². The molecule has 0 aliphatic rings. The van der Waals surface area contributed by atoms with Gasteiger partial charge in [-0.2, -0.15) is 0 Å². The number of rotatable bonds is 4. The fourth-order valence-electron chi connectivity index (χ4n) is 1.60. The zero-order chi connectivity index (χ0) is 13.1. The van der Waals surface area contributed by atoms with Crippen molar-refractivity contribution in [3.63, 3.8) is 0 Å². The van der Waals surface area contributed by atoms with Gasteiger partial charge in [0.25, 0.3) is 0 Å². The molecule has 0 bridgehead atoms. The van der Waals surface area contributed by atoms with Crippen LogP contribution >= 0.6 is 0 Å². The Labute approximate surface area is 104 Å². The van der Waals surface area contributed by atoms with Gasteiger partial charge in [-0.15, -0.1) is 0 Å². The van der Waals surface area contributed by atoms with Gasteiger partial charge in [0, 0.05) is 5.56 Å². The van der Waals surface area contributed by atoms with E-state index in [0.29, 0.717) is 29.4 Å². The first-order chi connectivity index (χ1) is 8.61. The van der Waals surface area contributed by atoms with Gasteiger partial charge in [-0.25, -0.2) is 4.79 Å². The van der Waals surface area contributed by atoms with Gasteiger partial charge in [0.2, 0.25) is 5.76 Å². The molecule has 3 N–H and O–H groups in total. The molecule has 1 heterocycles. The number of hydrogen-bond donors (Lipinski definition) is 2. The van der Waals surface area contributed by atoms with Crippen LogP contribution in [0.2, 0.25) is 0 Å². The van der Waals surface area contributed by atoms with Crippen LogP contribution in [0, 0.1) is 0 Å². The smallest absolute Gasteiger partial charge is 0.371 e. The third-order valence-corrected chi connectivity index (χ3v) is 2.41. The molecule has 94 valence electrons. The second kappa shape index (κ2) is 4.83. The number of anilines is 1. The number of carbonyl (C=O) groups is 1. The minimum atomic E-state index is -1.10. The number of carboxylic acid groups (broad SMARTS) is 1. The molecule has 0 saturated carbocycles. The molecule has 0 radical (unpaired) electrons. The van der Waals surface area contributed by atoms with Crippen LogP contribution in [0.3, 0.4) is 0 Å². The van der Waals surface area contributed by atoms with Gasteiger partial charge in [0.1, 0.15) is 11.5 Å². The number of carboxylic acids is 1. The second-order valence-corrected chi connectivity index (χ2v) is 3.65. The summed E-state index contributed by atoms with van der Waals surface area (Å²) in [6, 6.07) is 8.20. The van der Waals surface area contributed by atoms with Crippen molar-refractivity contribution in [3.05, 3.63) is 36.1 Å². The van der Waals surface area contributed by atoms with E-state index in [-0.39, 0.29) is 5.76 Å². The molecule has 2 aromatic rings. The van der Waals surface area contributed by atoms with Crippen molar-refractivity contribution in [2.24, 2.45) is 0 Å². The van der Waals surface area contributed by atoms with Crippen LogP contribution in [0.15, 0.2) is 34.7 Å². The number of furan rings is 1. The van der Waals surface area contributed by atoms with Crippen LogP contribution in [0.4, 0.5) is 5.69 Å². The summed E-state index contributed by atoms with van der Waals surface area (Å²) >= 11 is 0. The zero-order valence-corrected chi connectivity index (χ0v) is 9.84. The van der Waals surface area contributed by atoms with Gasteiger partial charge < -0.3 is 20.0 Å². The van der Waals surface area contributed by atoms with Crippen molar-refractivity contribution in [1.29, 1.82) is 0 Å². The van der Waals surface area contributed by atoms with Gasteiger partial charge >= 0.3 is 5.97 Å². The molecule has 1 aromatic heterocycles. The number of nitrogens with two attached hydrogens (primary N) is 1. The van der Waals surface area contributed by atoms with Gasteiger partial charge in [0.15, 0.2) is 0 Å².